The van der Waals surface area contributed by atoms with E-state index in [1.807, 2.05) is 0 Å². The van der Waals surface area contributed by atoms with E-state index in [2.05, 4.69) is 14.7 Å². The topological polar surface area (TPSA) is 63.8 Å². The van der Waals surface area contributed by atoms with Crippen LogP contribution in [0.15, 0.2) is 6.33 Å². The van der Waals surface area contributed by atoms with Crippen LogP contribution in [0.4, 0.5) is 5.13 Å². The zero-order valence-corrected chi connectivity index (χ0v) is 7.60. The molecular weight excluding hydrogens is 172 g/mol. The van der Waals surface area contributed by atoms with E-state index in [9.17, 15) is 0 Å². The van der Waals surface area contributed by atoms with E-state index in [1.54, 1.807) is 6.33 Å². The number of anilines is 1. The minimum atomic E-state index is 0.0195. The van der Waals surface area contributed by atoms with Gasteiger partial charge in [0.2, 0.25) is 5.13 Å². The highest BCUT2D eigenvalue weighted by atomic mass is 32.1. The molecule has 1 fully saturated rings. The molecule has 0 atom stereocenters. The number of hydrogen-bond acceptors (Lipinski definition) is 5. The van der Waals surface area contributed by atoms with Gasteiger partial charge in [0, 0.05) is 23.6 Å². The molecule has 5 heteroatoms. The van der Waals surface area contributed by atoms with Crippen LogP contribution in [0.1, 0.15) is 19.3 Å². The van der Waals surface area contributed by atoms with Crippen LogP contribution < -0.4 is 11.1 Å². The number of aromatic nitrogens is 2. The minimum Gasteiger partial charge on any atom is -0.358 e. The summed E-state index contributed by atoms with van der Waals surface area (Å²) in [6.45, 7) is 0.822. The third-order valence-electron chi connectivity index (χ3n) is 2.30. The molecule has 1 heterocycles. The van der Waals surface area contributed by atoms with Crippen molar-refractivity contribution in [3.05, 3.63) is 6.33 Å². The van der Waals surface area contributed by atoms with Crippen molar-refractivity contribution in [1.82, 2.24) is 9.36 Å². The predicted molar refractivity (Wildman–Crippen MR) is 49.2 cm³/mol. The summed E-state index contributed by atoms with van der Waals surface area (Å²) in [4.78, 5) is 4.02. The number of rotatable bonds is 3. The molecule has 1 saturated carbocycles. The van der Waals surface area contributed by atoms with Crippen LogP contribution in [-0.2, 0) is 0 Å². The summed E-state index contributed by atoms with van der Waals surface area (Å²) in [5.41, 5.74) is 6.03. The molecule has 1 aliphatic rings. The van der Waals surface area contributed by atoms with Gasteiger partial charge in [-0.05, 0) is 19.3 Å². The van der Waals surface area contributed by atoms with Gasteiger partial charge in [-0.1, -0.05) is 0 Å². The smallest absolute Gasteiger partial charge is 0.202 e. The molecule has 2 rings (SSSR count). The summed E-state index contributed by atoms with van der Waals surface area (Å²) in [7, 11) is 0. The maximum atomic E-state index is 6.01. The Morgan fingerprint density at radius 1 is 1.67 bits per heavy atom. The summed E-state index contributed by atoms with van der Waals surface area (Å²) in [5, 5.41) is 4.05. The van der Waals surface area contributed by atoms with Gasteiger partial charge < -0.3 is 11.1 Å². The van der Waals surface area contributed by atoms with Crippen LogP contribution in [0.2, 0.25) is 0 Å². The molecule has 1 aromatic heterocycles. The highest BCUT2D eigenvalue weighted by Gasteiger charge is 2.32. The summed E-state index contributed by atoms with van der Waals surface area (Å²) in [6.07, 6.45) is 5.06. The Hall–Kier alpha value is -0.680. The van der Waals surface area contributed by atoms with E-state index in [-0.39, 0.29) is 5.54 Å². The molecule has 4 nitrogen and oxygen atoms in total. The lowest BCUT2D eigenvalue weighted by Crippen LogP contribution is -2.51. The van der Waals surface area contributed by atoms with Crippen LogP contribution in [0.25, 0.3) is 0 Å². The average Bonchev–Trinajstić information content (AvgIpc) is 2.49. The van der Waals surface area contributed by atoms with Crippen LogP contribution in [0.5, 0.6) is 0 Å². The first-order valence-electron chi connectivity index (χ1n) is 4.08. The largest absolute Gasteiger partial charge is 0.358 e. The molecule has 0 spiro atoms. The fraction of sp³-hybridized carbons (Fsp3) is 0.714. The third-order valence-corrected chi connectivity index (χ3v) is 2.92. The number of nitrogens with one attached hydrogen (secondary N) is 1. The first kappa shape index (κ1) is 7.94. The maximum Gasteiger partial charge on any atom is 0.202 e. The monoisotopic (exact) mass is 184 g/mol. The normalized spacial score (nSPS) is 20.1. The van der Waals surface area contributed by atoms with Gasteiger partial charge in [0.25, 0.3) is 0 Å². The van der Waals surface area contributed by atoms with Gasteiger partial charge >= 0.3 is 0 Å². The lowest BCUT2D eigenvalue weighted by atomic mass is 9.78. The fourth-order valence-electron chi connectivity index (χ4n) is 1.31. The molecule has 0 unspecified atom stereocenters. The first-order chi connectivity index (χ1) is 5.79. The third kappa shape index (κ3) is 1.56. The molecule has 3 N–H and O–H groups in total. The Morgan fingerprint density at radius 3 is 3.00 bits per heavy atom. The second kappa shape index (κ2) is 2.99. The van der Waals surface area contributed by atoms with E-state index < -0.39 is 0 Å². The molecular formula is C7H12N4S. The second-order valence-corrected chi connectivity index (χ2v) is 4.10. The van der Waals surface area contributed by atoms with E-state index >= 15 is 0 Å². The zero-order valence-electron chi connectivity index (χ0n) is 6.79. The number of hydrogen-bond donors (Lipinski definition) is 2. The quantitative estimate of drug-likeness (QED) is 0.730. The lowest BCUT2D eigenvalue weighted by Gasteiger charge is -2.37. The summed E-state index contributed by atoms with van der Waals surface area (Å²) in [6, 6.07) is 0. The second-order valence-electron chi connectivity index (χ2n) is 3.32. The van der Waals surface area contributed by atoms with Gasteiger partial charge in [0.1, 0.15) is 6.33 Å². The van der Waals surface area contributed by atoms with Crippen LogP contribution in [0.3, 0.4) is 0 Å². The molecule has 0 radical (unpaired) electrons. The molecule has 1 aliphatic carbocycles. The van der Waals surface area contributed by atoms with Crippen molar-refractivity contribution < 1.29 is 0 Å². The van der Waals surface area contributed by atoms with Crippen LogP contribution >= 0.6 is 11.5 Å². The summed E-state index contributed by atoms with van der Waals surface area (Å²) < 4.78 is 3.89. The van der Waals surface area contributed by atoms with Crippen molar-refractivity contribution in [2.45, 2.75) is 24.8 Å². The molecule has 0 aliphatic heterocycles. The zero-order chi connectivity index (χ0) is 8.44. The molecule has 0 bridgehead atoms. The van der Waals surface area contributed by atoms with Gasteiger partial charge in [-0.25, -0.2) is 4.98 Å². The average molecular weight is 184 g/mol. The molecule has 0 amide bonds. The Labute approximate surface area is 75.4 Å². The van der Waals surface area contributed by atoms with E-state index in [0.29, 0.717) is 0 Å². The fourth-order valence-corrected chi connectivity index (χ4v) is 1.74. The standard InChI is InChI=1S/C7H12N4S/c8-7(2-1-3-7)4-9-6-10-5-11-12-6/h5H,1-4,8H2,(H,9,10,11). The van der Waals surface area contributed by atoms with Gasteiger partial charge in [-0.3, -0.25) is 0 Å². The van der Waals surface area contributed by atoms with Gasteiger partial charge in [-0.15, -0.1) is 0 Å². The number of nitrogens with two attached hydrogens (primary N) is 1. The highest BCUT2D eigenvalue weighted by Crippen LogP contribution is 2.29. The maximum absolute atomic E-state index is 6.01. The van der Waals surface area contributed by atoms with Crippen molar-refractivity contribution in [3.8, 4) is 0 Å². The Bertz CT molecular complexity index is 242. The molecule has 12 heavy (non-hydrogen) atoms. The van der Waals surface area contributed by atoms with Crippen molar-refractivity contribution in [3.63, 3.8) is 0 Å². The first-order valence-corrected chi connectivity index (χ1v) is 4.85. The van der Waals surface area contributed by atoms with Crippen molar-refractivity contribution in [1.29, 1.82) is 0 Å². The van der Waals surface area contributed by atoms with Crippen molar-refractivity contribution in [2.24, 2.45) is 5.73 Å². The van der Waals surface area contributed by atoms with Gasteiger partial charge in [0.05, 0.1) is 0 Å². The Balaban J connectivity index is 1.82. The van der Waals surface area contributed by atoms with Gasteiger partial charge in [-0.2, -0.15) is 4.37 Å². The summed E-state index contributed by atoms with van der Waals surface area (Å²) >= 11 is 1.37. The van der Waals surface area contributed by atoms with Crippen LogP contribution in [0, 0.1) is 0 Å². The van der Waals surface area contributed by atoms with E-state index in [4.69, 9.17) is 5.73 Å². The van der Waals surface area contributed by atoms with Crippen molar-refractivity contribution >= 4 is 16.7 Å². The Morgan fingerprint density at radius 2 is 2.50 bits per heavy atom. The van der Waals surface area contributed by atoms with E-state index in [0.717, 1.165) is 24.5 Å². The Kier molecular flexibility index (Phi) is 1.98. The molecule has 66 valence electrons. The van der Waals surface area contributed by atoms with Crippen molar-refractivity contribution in [2.75, 3.05) is 11.9 Å². The summed E-state index contributed by atoms with van der Waals surface area (Å²) in [5.74, 6) is 0. The van der Waals surface area contributed by atoms with Crippen LogP contribution in [-0.4, -0.2) is 21.4 Å². The highest BCUT2D eigenvalue weighted by molar-refractivity contribution is 7.09. The lowest BCUT2D eigenvalue weighted by molar-refractivity contribution is 0.265. The SMILES string of the molecule is NC1(CNc2ncns2)CCC1. The van der Waals surface area contributed by atoms with Gasteiger partial charge in [0.15, 0.2) is 0 Å². The molecule has 0 saturated heterocycles. The van der Waals surface area contributed by atoms with E-state index in [1.165, 1.54) is 18.0 Å². The predicted octanol–water partition coefficient (Wildman–Crippen LogP) is 0.831. The minimum absolute atomic E-state index is 0.0195. The number of nitrogens with zero attached hydrogens (tertiary/aromatic N) is 2. The molecule has 1 aromatic rings. The molecule has 0 aromatic carbocycles.